The smallest absolute Gasteiger partial charge is 0.335 e. The third kappa shape index (κ3) is 3.32. The number of methoxy groups -OCH3 is 1. The van der Waals surface area contributed by atoms with Crippen LogP contribution < -0.4 is 0 Å². The standard InChI is InChI=1S/C12H16O4/c1-12(15,11(13)14)7-9-3-5-10(6-4-9)8-16-2/h3-6,15H,7-8H2,1-2H3,(H,13,14). The van der Waals surface area contributed by atoms with Gasteiger partial charge in [0.25, 0.3) is 0 Å². The van der Waals surface area contributed by atoms with E-state index in [1.165, 1.54) is 6.92 Å². The third-order valence-electron chi connectivity index (χ3n) is 2.34. The van der Waals surface area contributed by atoms with Crippen LogP contribution in [0.15, 0.2) is 24.3 Å². The van der Waals surface area contributed by atoms with Gasteiger partial charge in [-0.05, 0) is 18.1 Å². The number of aliphatic carboxylic acids is 1. The highest BCUT2D eigenvalue weighted by molar-refractivity contribution is 5.76. The number of hydrogen-bond acceptors (Lipinski definition) is 3. The van der Waals surface area contributed by atoms with Gasteiger partial charge < -0.3 is 14.9 Å². The predicted octanol–water partition coefficient (Wildman–Crippen LogP) is 1.21. The summed E-state index contributed by atoms with van der Waals surface area (Å²) in [5.74, 6) is -1.21. The van der Waals surface area contributed by atoms with Crippen molar-refractivity contribution >= 4 is 5.97 Å². The largest absolute Gasteiger partial charge is 0.479 e. The van der Waals surface area contributed by atoms with Gasteiger partial charge in [0.1, 0.15) is 0 Å². The third-order valence-corrected chi connectivity index (χ3v) is 2.34. The van der Waals surface area contributed by atoms with Gasteiger partial charge >= 0.3 is 5.97 Å². The van der Waals surface area contributed by atoms with Crippen LogP contribution in [-0.2, 0) is 22.6 Å². The number of carboxylic acids is 1. The number of hydrogen-bond donors (Lipinski definition) is 2. The highest BCUT2D eigenvalue weighted by atomic mass is 16.5. The van der Waals surface area contributed by atoms with Crippen LogP contribution in [0.25, 0.3) is 0 Å². The van der Waals surface area contributed by atoms with Crippen molar-refractivity contribution in [2.45, 2.75) is 25.6 Å². The Morgan fingerprint density at radius 2 is 1.81 bits per heavy atom. The molecule has 16 heavy (non-hydrogen) atoms. The van der Waals surface area contributed by atoms with Gasteiger partial charge in [0.2, 0.25) is 0 Å². The SMILES string of the molecule is COCc1ccc(CC(C)(O)C(=O)O)cc1. The quantitative estimate of drug-likeness (QED) is 0.789. The average molecular weight is 224 g/mol. The Labute approximate surface area is 94.5 Å². The molecule has 1 aromatic carbocycles. The summed E-state index contributed by atoms with van der Waals surface area (Å²) in [6.45, 7) is 1.81. The predicted molar refractivity (Wildman–Crippen MR) is 59.1 cm³/mol. The van der Waals surface area contributed by atoms with Gasteiger partial charge in [-0.25, -0.2) is 4.79 Å². The molecule has 4 nitrogen and oxygen atoms in total. The number of rotatable bonds is 5. The summed E-state index contributed by atoms with van der Waals surface area (Å²) >= 11 is 0. The maximum atomic E-state index is 10.7. The molecule has 0 bridgehead atoms. The second-order valence-electron chi connectivity index (χ2n) is 4.01. The Bertz CT molecular complexity index is 354. The van der Waals surface area contributed by atoms with Gasteiger partial charge in [-0.3, -0.25) is 0 Å². The topological polar surface area (TPSA) is 66.8 Å². The summed E-state index contributed by atoms with van der Waals surface area (Å²) in [4.78, 5) is 10.7. The lowest BCUT2D eigenvalue weighted by molar-refractivity contribution is -0.156. The molecule has 1 atom stereocenters. The molecule has 2 N–H and O–H groups in total. The second-order valence-corrected chi connectivity index (χ2v) is 4.01. The van der Waals surface area contributed by atoms with Crippen LogP contribution in [0.4, 0.5) is 0 Å². The molecule has 0 saturated heterocycles. The van der Waals surface area contributed by atoms with Crippen molar-refractivity contribution in [3.8, 4) is 0 Å². The lowest BCUT2D eigenvalue weighted by Gasteiger charge is -2.17. The fourth-order valence-corrected chi connectivity index (χ4v) is 1.39. The van der Waals surface area contributed by atoms with E-state index in [0.717, 1.165) is 11.1 Å². The van der Waals surface area contributed by atoms with Crippen LogP contribution in [0.3, 0.4) is 0 Å². The molecule has 0 radical (unpaired) electrons. The van der Waals surface area contributed by atoms with Gasteiger partial charge in [-0.1, -0.05) is 24.3 Å². The molecule has 0 amide bonds. The number of carboxylic acid groups (broad SMARTS) is 1. The Morgan fingerprint density at radius 3 is 2.25 bits per heavy atom. The van der Waals surface area contributed by atoms with Gasteiger partial charge in [0.15, 0.2) is 5.60 Å². The summed E-state index contributed by atoms with van der Waals surface area (Å²) in [7, 11) is 1.61. The molecule has 88 valence electrons. The molecule has 4 heteroatoms. The van der Waals surface area contributed by atoms with E-state index in [9.17, 15) is 9.90 Å². The van der Waals surface area contributed by atoms with E-state index >= 15 is 0 Å². The molecule has 0 saturated carbocycles. The molecular weight excluding hydrogens is 208 g/mol. The van der Waals surface area contributed by atoms with E-state index in [1.807, 2.05) is 12.1 Å². The molecule has 1 aromatic rings. The van der Waals surface area contributed by atoms with Crippen molar-refractivity contribution < 1.29 is 19.7 Å². The van der Waals surface area contributed by atoms with E-state index in [1.54, 1.807) is 19.2 Å². The Balaban J connectivity index is 2.72. The Kier molecular flexibility index (Phi) is 4.04. The molecular formula is C12H16O4. The number of carbonyl (C=O) groups is 1. The summed E-state index contributed by atoms with van der Waals surface area (Å²) in [6, 6.07) is 7.31. The monoisotopic (exact) mass is 224 g/mol. The lowest BCUT2D eigenvalue weighted by Crippen LogP contribution is -2.37. The molecule has 0 aliphatic carbocycles. The van der Waals surface area contributed by atoms with Crippen LogP contribution in [0, 0.1) is 0 Å². The molecule has 0 aromatic heterocycles. The minimum absolute atomic E-state index is 0.0929. The first-order valence-corrected chi connectivity index (χ1v) is 4.98. The summed E-state index contributed by atoms with van der Waals surface area (Å²) in [5.41, 5.74) is 0.0800. The molecule has 0 fully saturated rings. The van der Waals surface area contributed by atoms with Gasteiger partial charge in [0, 0.05) is 13.5 Å². The highest BCUT2D eigenvalue weighted by Gasteiger charge is 2.29. The van der Waals surface area contributed by atoms with E-state index in [2.05, 4.69) is 0 Å². The molecule has 0 spiro atoms. The summed E-state index contributed by atoms with van der Waals surface area (Å²) in [6.07, 6.45) is 0.0929. The van der Waals surface area contributed by atoms with Crippen molar-refractivity contribution in [2.75, 3.05) is 7.11 Å². The van der Waals surface area contributed by atoms with Crippen molar-refractivity contribution in [2.24, 2.45) is 0 Å². The van der Waals surface area contributed by atoms with Gasteiger partial charge in [-0.2, -0.15) is 0 Å². The maximum Gasteiger partial charge on any atom is 0.335 e. The van der Waals surface area contributed by atoms with Crippen molar-refractivity contribution in [1.29, 1.82) is 0 Å². The molecule has 1 unspecified atom stereocenters. The van der Waals surface area contributed by atoms with E-state index in [-0.39, 0.29) is 6.42 Å². The maximum absolute atomic E-state index is 10.7. The van der Waals surface area contributed by atoms with Crippen molar-refractivity contribution in [1.82, 2.24) is 0 Å². The minimum atomic E-state index is -1.72. The zero-order valence-corrected chi connectivity index (χ0v) is 9.43. The van der Waals surface area contributed by atoms with Crippen LogP contribution in [0.2, 0.25) is 0 Å². The average Bonchev–Trinajstić information content (AvgIpc) is 2.21. The molecule has 1 rings (SSSR count). The zero-order valence-electron chi connectivity index (χ0n) is 9.43. The van der Waals surface area contributed by atoms with Crippen LogP contribution in [-0.4, -0.2) is 28.9 Å². The van der Waals surface area contributed by atoms with Crippen LogP contribution in [0.5, 0.6) is 0 Å². The number of aliphatic hydroxyl groups is 1. The zero-order chi connectivity index (χ0) is 12.2. The fourth-order valence-electron chi connectivity index (χ4n) is 1.39. The fraction of sp³-hybridized carbons (Fsp3) is 0.417. The second kappa shape index (κ2) is 5.09. The molecule has 0 aliphatic heterocycles. The van der Waals surface area contributed by atoms with E-state index < -0.39 is 11.6 Å². The summed E-state index contributed by atoms with van der Waals surface area (Å²) in [5, 5.41) is 18.4. The van der Waals surface area contributed by atoms with Crippen molar-refractivity contribution in [3.63, 3.8) is 0 Å². The molecule has 0 aliphatic rings. The first-order chi connectivity index (χ1) is 7.45. The molecule has 0 heterocycles. The normalized spacial score (nSPS) is 14.4. The first-order valence-electron chi connectivity index (χ1n) is 4.98. The van der Waals surface area contributed by atoms with Crippen molar-refractivity contribution in [3.05, 3.63) is 35.4 Å². The van der Waals surface area contributed by atoms with E-state index in [4.69, 9.17) is 9.84 Å². The number of benzene rings is 1. The Hall–Kier alpha value is -1.39. The summed E-state index contributed by atoms with van der Waals surface area (Å²) < 4.78 is 4.96. The van der Waals surface area contributed by atoms with E-state index in [0.29, 0.717) is 6.61 Å². The van der Waals surface area contributed by atoms with Gasteiger partial charge in [-0.15, -0.1) is 0 Å². The number of ether oxygens (including phenoxy) is 1. The first kappa shape index (κ1) is 12.7. The Morgan fingerprint density at radius 1 is 1.31 bits per heavy atom. The minimum Gasteiger partial charge on any atom is -0.479 e. The lowest BCUT2D eigenvalue weighted by atomic mass is 9.96. The highest BCUT2D eigenvalue weighted by Crippen LogP contribution is 2.14. The van der Waals surface area contributed by atoms with Crippen LogP contribution >= 0.6 is 0 Å². The van der Waals surface area contributed by atoms with Crippen LogP contribution in [0.1, 0.15) is 18.1 Å². The van der Waals surface area contributed by atoms with Gasteiger partial charge in [0.05, 0.1) is 6.61 Å².